The number of rotatable bonds is 2. The van der Waals surface area contributed by atoms with E-state index in [0.717, 1.165) is 10.2 Å². The summed E-state index contributed by atoms with van der Waals surface area (Å²) >= 11 is 6.65. The Labute approximate surface area is 109 Å². The minimum atomic E-state index is -0.596. The first-order valence-electron chi connectivity index (χ1n) is 4.87. The maximum absolute atomic E-state index is 10.5. The highest BCUT2D eigenvalue weighted by atomic mass is 32.1. The predicted octanol–water partition coefficient (Wildman–Crippen LogP) is 3.52. The van der Waals surface area contributed by atoms with Gasteiger partial charge in [0.1, 0.15) is 9.56 Å². The number of aromatic nitrogens is 2. The fourth-order valence-electron chi connectivity index (χ4n) is 1.55. The van der Waals surface area contributed by atoms with Gasteiger partial charge in [0.05, 0.1) is 16.3 Å². The number of nitro groups is 1. The molecule has 8 heteroatoms. The Hall–Kier alpha value is -2.06. The highest BCUT2D eigenvalue weighted by molar-refractivity contribution is 7.71. The van der Waals surface area contributed by atoms with Gasteiger partial charge < -0.3 is 9.40 Å². The van der Waals surface area contributed by atoms with Crippen molar-refractivity contribution in [3.63, 3.8) is 0 Å². The molecule has 0 radical (unpaired) electrons. The van der Waals surface area contributed by atoms with Crippen LogP contribution in [0.3, 0.4) is 0 Å². The Kier molecular flexibility index (Phi) is 2.46. The second kappa shape index (κ2) is 4.00. The number of nitrogens with one attached hydrogen (secondary N) is 1. The van der Waals surface area contributed by atoms with Crippen LogP contribution in [0, 0.1) is 14.8 Å². The molecule has 0 fully saturated rings. The van der Waals surface area contributed by atoms with Crippen molar-refractivity contribution in [1.82, 2.24) is 9.97 Å². The van der Waals surface area contributed by atoms with E-state index in [1.165, 1.54) is 23.5 Å². The van der Waals surface area contributed by atoms with Gasteiger partial charge in [-0.1, -0.05) is 12.2 Å². The minimum absolute atomic E-state index is 0.293. The zero-order chi connectivity index (χ0) is 12.7. The van der Waals surface area contributed by atoms with Crippen molar-refractivity contribution in [2.24, 2.45) is 0 Å². The van der Waals surface area contributed by atoms with Crippen LogP contribution in [0.4, 0.5) is 5.88 Å². The van der Waals surface area contributed by atoms with Crippen LogP contribution < -0.4 is 0 Å². The van der Waals surface area contributed by atoms with E-state index in [1.807, 2.05) is 11.4 Å². The summed E-state index contributed by atoms with van der Waals surface area (Å²) in [4.78, 5) is 17.2. The maximum atomic E-state index is 10.5. The molecule has 0 aliphatic heterocycles. The molecule has 0 saturated carbocycles. The van der Waals surface area contributed by atoms with Crippen LogP contribution in [-0.4, -0.2) is 14.9 Å². The lowest BCUT2D eigenvalue weighted by Crippen LogP contribution is -1.88. The molecule has 0 aliphatic rings. The number of hydrogen-bond acceptors (Lipinski definition) is 6. The van der Waals surface area contributed by atoms with Gasteiger partial charge in [0.2, 0.25) is 0 Å². The van der Waals surface area contributed by atoms with Gasteiger partial charge in [0.15, 0.2) is 11.6 Å². The van der Waals surface area contributed by atoms with E-state index in [-0.39, 0.29) is 5.88 Å². The van der Waals surface area contributed by atoms with E-state index < -0.39 is 4.92 Å². The SMILES string of the molecule is O=[N+]([O-])c1ccc(-c2nc(=S)c3sccc3[nH]2)o1. The molecule has 1 N–H and O–H groups in total. The van der Waals surface area contributed by atoms with Crippen molar-refractivity contribution in [2.75, 3.05) is 0 Å². The van der Waals surface area contributed by atoms with Gasteiger partial charge in [-0.05, 0) is 17.5 Å². The standard InChI is InChI=1S/C10H5N3O3S2/c14-13(15)7-2-1-6(16-7)9-11-5-3-4-18-8(5)10(17)12-9/h1-4H,(H,11,12,17). The molecular formula is C10H5N3O3S2. The summed E-state index contributed by atoms with van der Waals surface area (Å²) in [5.41, 5.74) is 0.842. The summed E-state index contributed by atoms with van der Waals surface area (Å²) in [6, 6.07) is 4.65. The normalized spacial score (nSPS) is 10.9. The summed E-state index contributed by atoms with van der Waals surface area (Å²) in [6.07, 6.45) is 0. The molecule has 3 aromatic heterocycles. The first-order chi connectivity index (χ1) is 8.65. The Morgan fingerprint density at radius 2 is 2.28 bits per heavy atom. The van der Waals surface area contributed by atoms with Crippen LogP contribution >= 0.6 is 23.6 Å². The third-order valence-electron chi connectivity index (χ3n) is 2.33. The number of hydrogen-bond donors (Lipinski definition) is 1. The molecule has 0 atom stereocenters. The van der Waals surface area contributed by atoms with Gasteiger partial charge in [-0.3, -0.25) is 10.1 Å². The fourth-order valence-corrected chi connectivity index (χ4v) is 2.63. The Bertz CT molecular complexity index is 802. The van der Waals surface area contributed by atoms with Crippen LogP contribution in [0.25, 0.3) is 21.8 Å². The molecule has 0 bridgehead atoms. The number of aromatic amines is 1. The molecule has 0 aliphatic carbocycles. The van der Waals surface area contributed by atoms with Crippen molar-refractivity contribution in [3.05, 3.63) is 38.3 Å². The number of H-pyrrole nitrogens is 1. The third kappa shape index (κ3) is 1.71. The van der Waals surface area contributed by atoms with Crippen LogP contribution in [0.15, 0.2) is 28.0 Å². The number of nitrogens with zero attached hydrogens (tertiary/aromatic N) is 2. The molecule has 3 aromatic rings. The Morgan fingerprint density at radius 1 is 1.44 bits per heavy atom. The molecule has 6 nitrogen and oxygen atoms in total. The molecule has 0 aromatic carbocycles. The van der Waals surface area contributed by atoms with E-state index in [4.69, 9.17) is 16.6 Å². The van der Waals surface area contributed by atoms with Gasteiger partial charge in [0, 0.05) is 0 Å². The van der Waals surface area contributed by atoms with E-state index in [1.54, 1.807) is 0 Å². The maximum Gasteiger partial charge on any atom is 0.433 e. The molecule has 3 heterocycles. The van der Waals surface area contributed by atoms with Crippen LogP contribution in [0.1, 0.15) is 0 Å². The molecular weight excluding hydrogens is 274 g/mol. The minimum Gasteiger partial charge on any atom is -0.397 e. The second-order valence-corrected chi connectivity index (χ2v) is 4.75. The fraction of sp³-hybridized carbons (Fsp3) is 0. The number of thiophene rings is 1. The summed E-state index contributed by atoms with van der Waals surface area (Å²) in [6.45, 7) is 0. The average Bonchev–Trinajstić information content (AvgIpc) is 2.97. The van der Waals surface area contributed by atoms with Crippen LogP contribution in [-0.2, 0) is 0 Å². The first-order valence-corrected chi connectivity index (χ1v) is 6.16. The predicted molar refractivity (Wildman–Crippen MR) is 69.2 cm³/mol. The quantitative estimate of drug-likeness (QED) is 0.440. The zero-order valence-corrected chi connectivity index (χ0v) is 10.4. The lowest BCUT2D eigenvalue weighted by atomic mass is 10.4. The largest absolute Gasteiger partial charge is 0.433 e. The smallest absolute Gasteiger partial charge is 0.397 e. The summed E-state index contributed by atoms with van der Waals surface area (Å²) < 4.78 is 6.41. The van der Waals surface area contributed by atoms with E-state index in [9.17, 15) is 10.1 Å². The second-order valence-electron chi connectivity index (χ2n) is 3.45. The van der Waals surface area contributed by atoms with E-state index in [2.05, 4.69) is 9.97 Å². The van der Waals surface area contributed by atoms with Gasteiger partial charge in [-0.2, -0.15) is 0 Å². The highest BCUT2D eigenvalue weighted by Gasteiger charge is 2.15. The molecule has 0 spiro atoms. The van der Waals surface area contributed by atoms with Crippen molar-refractivity contribution in [1.29, 1.82) is 0 Å². The van der Waals surface area contributed by atoms with Gasteiger partial charge in [-0.15, -0.1) is 11.3 Å². The lowest BCUT2D eigenvalue weighted by Gasteiger charge is -1.97. The summed E-state index contributed by atoms with van der Waals surface area (Å²) in [5, 5.41) is 12.4. The van der Waals surface area contributed by atoms with E-state index >= 15 is 0 Å². The van der Waals surface area contributed by atoms with E-state index in [0.29, 0.717) is 16.2 Å². The molecule has 0 saturated heterocycles. The Balaban J connectivity index is 2.18. The van der Waals surface area contributed by atoms with Crippen molar-refractivity contribution < 1.29 is 9.34 Å². The van der Waals surface area contributed by atoms with Gasteiger partial charge >= 0.3 is 5.88 Å². The number of fused-ring (bicyclic) bond motifs is 1. The third-order valence-corrected chi connectivity index (χ3v) is 3.68. The molecule has 0 amide bonds. The van der Waals surface area contributed by atoms with Gasteiger partial charge in [-0.25, -0.2) is 4.98 Å². The van der Waals surface area contributed by atoms with Crippen LogP contribution in [0.2, 0.25) is 0 Å². The first kappa shape index (κ1) is 11.1. The monoisotopic (exact) mass is 279 g/mol. The zero-order valence-electron chi connectivity index (χ0n) is 8.75. The lowest BCUT2D eigenvalue weighted by molar-refractivity contribution is -0.401. The van der Waals surface area contributed by atoms with Crippen molar-refractivity contribution in [2.45, 2.75) is 0 Å². The van der Waals surface area contributed by atoms with Crippen molar-refractivity contribution in [3.8, 4) is 11.6 Å². The van der Waals surface area contributed by atoms with Crippen LogP contribution in [0.5, 0.6) is 0 Å². The molecule has 0 unspecified atom stereocenters. The van der Waals surface area contributed by atoms with Gasteiger partial charge in [0.25, 0.3) is 0 Å². The molecule has 3 rings (SSSR count). The highest BCUT2D eigenvalue weighted by Crippen LogP contribution is 2.26. The molecule has 18 heavy (non-hydrogen) atoms. The number of furan rings is 1. The summed E-state index contributed by atoms with van der Waals surface area (Å²) in [5.74, 6) is 0.358. The average molecular weight is 279 g/mol. The summed E-state index contributed by atoms with van der Waals surface area (Å²) in [7, 11) is 0. The Morgan fingerprint density at radius 3 is 3.00 bits per heavy atom. The topological polar surface area (TPSA) is 85.0 Å². The molecule has 90 valence electrons. The van der Waals surface area contributed by atoms with Crippen molar-refractivity contribution >= 4 is 39.7 Å².